The van der Waals surface area contributed by atoms with E-state index in [1.807, 2.05) is 12.3 Å². The summed E-state index contributed by atoms with van der Waals surface area (Å²) < 4.78 is 2.26. The third-order valence-corrected chi connectivity index (χ3v) is 5.66. The van der Waals surface area contributed by atoms with Crippen molar-refractivity contribution < 1.29 is 0 Å². The topological polar surface area (TPSA) is 30.7 Å². The van der Waals surface area contributed by atoms with Crippen LogP contribution >= 0.6 is 23.1 Å². The predicted octanol–water partition coefficient (Wildman–Crippen LogP) is 4.09. The molecule has 4 heterocycles. The average molecular weight is 301 g/mol. The second-order valence-electron chi connectivity index (χ2n) is 4.99. The molecule has 5 heteroatoms. The largest absolute Gasteiger partial charge is 0.271 e. The van der Waals surface area contributed by atoms with Gasteiger partial charge in [0.1, 0.15) is 16.3 Å². The average Bonchev–Trinajstić information content (AvgIpc) is 3.14. The Hall–Kier alpha value is -1.33. The van der Waals surface area contributed by atoms with E-state index >= 15 is 0 Å². The van der Waals surface area contributed by atoms with Crippen molar-refractivity contribution in [1.29, 1.82) is 0 Å². The van der Waals surface area contributed by atoms with Crippen LogP contribution in [-0.2, 0) is 0 Å². The van der Waals surface area contributed by atoms with Crippen molar-refractivity contribution in [3.05, 3.63) is 41.7 Å². The third-order valence-electron chi connectivity index (χ3n) is 3.75. The minimum atomic E-state index is 0.563. The fourth-order valence-electron chi connectivity index (χ4n) is 2.77. The molecule has 0 radical (unpaired) electrons. The van der Waals surface area contributed by atoms with Crippen molar-refractivity contribution in [3.8, 4) is 5.00 Å². The SMILES string of the molecule is c1csc(-n2c(C3CCSCC3)nc3cccnc32)c1. The molecule has 0 atom stereocenters. The van der Waals surface area contributed by atoms with Crippen molar-refractivity contribution in [3.63, 3.8) is 0 Å². The zero-order valence-corrected chi connectivity index (χ0v) is 12.7. The minimum Gasteiger partial charge on any atom is -0.271 e. The van der Waals surface area contributed by atoms with Gasteiger partial charge in [0.05, 0.1) is 0 Å². The number of aromatic nitrogens is 3. The van der Waals surface area contributed by atoms with E-state index in [9.17, 15) is 0 Å². The summed E-state index contributed by atoms with van der Waals surface area (Å²) in [5.74, 6) is 4.24. The van der Waals surface area contributed by atoms with Crippen LogP contribution in [0, 0.1) is 0 Å². The Morgan fingerprint density at radius 1 is 1.15 bits per heavy atom. The van der Waals surface area contributed by atoms with Gasteiger partial charge in [-0.25, -0.2) is 9.97 Å². The summed E-state index contributed by atoms with van der Waals surface area (Å²) in [5.41, 5.74) is 2.00. The highest BCUT2D eigenvalue weighted by atomic mass is 32.2. The zero-order chi connectivity index (χ0) is 13.4. The smallest absolute Gasteiger partial charge is 0.165 e. The molecule has 0 amide bonds. The van der Waals surface area contributed by atoms with Crippen LogP contribution < -0.4 is 0 Å². The lowest BCUT2D eigenvalue weighted by Gasteiger charge is -2.21. The molecule has 0 aliphatic carbocycles. The number of thiophene rings is 1. The fraction of sp³-hybridized carbons (Fsp3) is 0.333. The summed E-state index contributed by atoms with van der Waals surface area (Å²) in [4.78, 5) is 9.44. The Kier molecular flexibility index (Phi) is 3.24. The van der Waals surface area contributed by atoms with Gasteiger partial charge in [0.2, 0.25) is 0 Å². The van der Waals surface area contributed by atoms with E-state index in [2.05, 4.69) is 44.9 Å². The van der Waals surface area contributed by atoms with E-state index < -0.39 is 0 Å². The van der Waals surface area contributed by atoms with Gasteiger partial charge >= 0.3 is 0 Å². The summed E-state index contributed by atoms with van der Waals surface area (Å²) in [6.07, 6.45) is 4.30. The first-order valence-electron chi connectivity index (χ1n) is 6.88. The fourth-order valence-corrected chi connectivity index (χ4v) is 4.62. The molecule has 0 bridgehead atoms. The quantitative estimate of drug-likeness (QED) is 0.714. The van der Waals surface area contributed by atoms with Gasteiger partial charge in [0.15, 0.2) is 5.65 Å². The van der Waals surface area contributed by atoms with Gasteiger partial charge in [-0.3, -0.25) is 4.57 Å². The standard InChI is InChI=1S/C15H15N3S2/c1-3-12-15(16-7-1)18(13-4-2-8-20-13)14(17-12)11-5-9-19-10-6-11/h1-4,7-8,11H,5-6,9-10H2. The van der Waals surface area contributed by atoms with Gasteiger partial charge in [-0.05, 0) is 54.0 Å². The molecule has 0 aromatic carbocycles. The minimum absolute atomic E-state index is 0.563. The molecule has 1 saturated heterocycles. The van der Waals surface area contributed by atoms with Crippen LogP contribution in [0.15, 0.2) is 35.8 Å². The maximum Gasteiger partial charge on any atom is 0.165 e. The van der Waals surface area contributed by atoms with E-state index in [-0.39, 0.29) is 0 Å². The van der Waals surface area contributed by atoms with E-state index in [4.69, 9.17) is 4.98 Å². The first kappa shape index (κ1) is 12.4. The predicted molar refractivity (Wildman–Crippen MR) is 86.0 cm³/mol. The molecule has 0 unspecified atom stereocenters. The molecule has 1 fully saturated rings. The number of hydrogen-bond acceptors (Lipinski definition) is 4. The van der Waals surface area contributed by atoms with E-state index in [1.54, 1.807) is 11.3 Å². The van der Waals surface area contributed by atoms with Gasteiger partial charge in [-0.1, -0.05) is 0 Å². The lowest BCUT2D eigenvalue weighted by atomic mass is 10.0. The Morgan fingerprint density at radius 3 is 2.85 bits per heavy atom. The second kappa shape index (κ2) is 5.22. The highest BCUT2D eigenvalue weighted by Gasteiger charge is 2.24. The third kappa shape index (κ3) is 2.05. The van der Waals surface area contributed by atoms with Crippen LogP contribution in [0.2, 0.25) is 0 Å². The van der Waals surface area contributed by atoms with Crippen LogP contribution in [0.4, 0.5) is 0 Å². The Morgan fingerprint density at radius 2 is 2.05 bits per heavy atom. The monoisotopic (exact) mass is 301 g/mol. The summed E-state index contributed by atoms with van der Waals surface area (Å²) in [6, 6.07) is 8.28. The van der Waals surface area contributed by atoms with E-state index in [1.165, 1.54) is 35.2 Å². The molecule has 0 spiro atoms. The number of nitrogens with zero attached hydrogens (tertiary/aromatic N) is 3. The lowest BCUT2D eigenvalue weighted by Crippen LogP contribution is -2.13. The first-order chi connectivity index (χ1) is 9.93. The van der Waals surface area contributed by atoms with Crippen molar-refractivity contribution in [2.45, 2.75) is 18.8 Å². The molecule has 1 aliphatic heterocycles. The second-order valence-corrected chi connectivity index (χ2v) is 7.14. The highest BCUT2D eigenvalue weighted by Crippen LogP contribution is 2.34. The molecule has 0 saturated carbocycles. The number of pyridine rings is 1. The molecular weight excluding hydrogens is 286 g/mol. The van der Waals surface area contributed by atoms with Crippen LogP contribution in [0.25, 0.3) is 16.2 Å². The van der Waals surface area contributed by atoms with Crippen LogP contribution in [-0.4, -0.2) is 26.0 Å². The van der Waals surface area contributed by atoms with Gasteiger partial charge in [0.25, 0.3) is 0 Å². The summed E-state index contributed by atoms with van der Waals surface area (Å²) in [6.45, 7) is 0. The van der Waals surface area contributed by atoms with E-state index in [0.717, 1.165) is 11.2 Å². The Labute approximate surface area is 126 Å². The number of imidazole rings is 1. The number of fused-ring (bicyclic) bond motifs is 1. The summed E-state index contributed by atoms with van der Waals surface area (Å²) in [7, 11) is 0. The summed E-state index contributed by atoms with van der Waals surface area (Å²) >= 11 is 3.80. The summed E-state index contributed by atoms with van der Waals surface area (Å²) in [5, 5.41) is 3.34. The van der Waals surface area contributed by atoms with Crippen molar-refractivity contribution in [2.24, 2.45) is 0 Å². The molecular formula is C15H15N3S2. The number of rotatable bonds is 2. The molecule has 20 heavy (non-hydrogen) atoms. The van der Waals surface area contributed by atoms with Crippen molar-refractivity contribution >= 4 is 34.3 Å². The number of hydrogen-bond donors (Lipinski definition) is 0. The highest BCUT2D eigenvalue weighted by molar-refractivity contribution is 7.99. The molecule has 102 valence electrons. The zero-order valence-electron chi connectivity index (χ0n) is 11.0. The van der Waals surface area contributed by atoms with Gasteiger partial charge in [-0.2, -0.15) is 11.8 Å². The number of thioether (sulfide) groups is 1. The molecule has 3 aromatic rings. The van der Waals surface area contributed by atoms with Crippen LogP contribution in [0.1, 0.15) is 24.6 Å². The molecule has 3 nitrogen and oxygen atoms in total. The van der Waals surface area contributed by atoms with Crippen molar-refractivity contribution in [2.75, 3.05) is 11.5 Å². The Balaban J connectivity index is 1.92. The van der Waals surface area contributed by atoms with Crippen molar-refractivity contribution in [1.82, 2.24) is 14.5 Å². The van der Waals surface area contributed by atoms with Crippen LogP contribution in [0.3, 0.4) is 0 Å². The maximum absolute atomic E-state index is 4.89. The normalized spacial score (nSPS) is 16.8. The molecule has 0 N–H and O–H groups in total. The first-order valence-corrected chi connectivity index (χ1v) is 8.92. The lowest BCUT2D eigenvalue weighted by molar-refractivity contribution is 0.593. The molecule has 1 aliphatic rings. The van der Waals surface area contributed by atoms with Gasteiger partial charge in [0, 0.05) is 12.1 Å². The van der Waals surface area contributed by atoms with Gasteiger partial charge in [-0.15, -0.1) is 11.3 Å². The van der Waals surface area contributed by atoms with Crippen LogP contribution in [0.5, 0.6) is 0 Å². The van der Waals surface area contributed by atoms with Gasteiger partial charge < -0.3 is 0 Å². The maximum atomic E-state index is 4.89. The molecule has 4 rings (SSSR count). The molecule has 3 aromatic heterocycles. The van der Waals surface area contributed by atoms with E-state index in [0.29, 0.717) is 5.92 Å². The Bertz CT molecular complexity index is 712.